The Labute approximate surface area is 150 Å². The maximum atomic E-state index is 12.1. The van der Waals surface area contributed by atoms with Gasteiger partial charge in [0.1, 0.15) is 11.6 Å². The van der Waals surface area contributed by atoms with Crippen LogP contribution < -0.4 is 5.32 Å². The minimum absolute atomic E-state index is 0.194. The number of nitrogens with zero attached hydrogens (tertiary/aromatic N) is 1. The molecule has 3 atom stereocenters. The topological polar surface area (TPSA) is 86.2 Å². The Bertz CT molecular complexity index is 484. The van der Waals surface area contributed by atoms with E-state index in [1.54, 1.807) is 34.8 Å². The Morgan fingerprint density at radius 2 is 2.04 bits per heavy atom. The van der Waals surface area contributed by atoms with Gasteiger partial charge in [-0.05, 0) is 52.9 Å². The van der Waals surface area contributed by atoms with Crippen LogP contribution in [0, 0.1) is 5.92 Å². The molecule has 0 aliphatic carbocycles. The van der Waals surface area contributed by atoms with Gasteiger partial charge in [-0.25, -0.2) is 9.59 Å². The van der Waals surface area contributed by atoms with Crippen LogP contribution in [0.1, 0.15) is 60.3 Å². The van der Waals surface area contributed by atoms with Gasteiger partial charge < -0.3 is 19.5 Å². The maximum absolute atomic E-state index is 12.1. The summed E-state index contributed by atoms with van der Waals surface area (Å²) >= 11 is 0. The summed E-state index contributed by atoms with van der Waals surface area (Å²) in [6.45, 7) is 9.48. The number of alkyl carbamates (subject to hydrolysis) is 1. The molecule has 25 heavy (non-hydrogen) atoms. The van der Waals surface area contributed by atoms with Crippen LogP contribution in [0.2, 0.25) is 0 Å². The summed E-state index contributed by atoms with van der Waals surface area (Å²) in [4.78, 5) is 28.6. The number of aliphatic imine (C=N–C) groups is 1. The zero-order chi connectivity index (χ0) is 19.0. The van der Waals surface area contributed by atoms with Crippen LogP contribution in [0.5, 0.6) is 0 Å². The predicted molar refractivity (Wildman–Crippen MR) is 95.7 cm³/mol. The van der Waals surface area contributed by atoms with Gasteiger partial charge in [-0.2, -0.15) is 0 Å². The van der Waals surface area contributed by atoms with Crippen molar-refractivity contribution >= 4 is 18.0 Å². The first-order valence-corrected chi connectivity index (χ1v) is 8.93. The largest absolute Gasteiger partial charge is 0.484 e. The van der Waals surface area contributed by atoms with Crippen LogP contribution in [-0.4, -0.2) is 49.4 Å². The standard InChI is InChI=1S/C18H32N2O5/c1-7-24-16(21)14(20-17(22)25-18(3,4)5)10-8-9-13-12(2)11-15(19-13)23-6/h12-14H,7-11H2,1-6H3,(H,20,22). The van der Waals surface area contributed by atoms with Crippen LogP contribution in [0.4, 0.5) is 4.79 Å². The second-order valence-electron chi connectivity index (χ2n) is 7.36. The molecule has 0 fully saturated rings. The molecule has 0 bridgehead atoms. The zero-order valence-corrected chi connectivity index (χ0v) is 16.3. The molecule has 1 N–H and O–H groups in total. The molecular weight excluding hydrogens is 324 g/mol. The summed E-state index contributed by atoms with van der Waals surface area (Å²) in [5.41, 5.74) is -0.617. The summed E-state index contributed by atoms with van der Waals surface area (Å²) in [7, 11) is 1.63. The van der Waals surface area contributed by atoms with E-state index < -0.39 is 23.7 Å². The number of ether oxygens (including phenoxy) is 3. The van der Waals surface area contributed by atoms with E-state index in [9.17, 15) is 9.59 Å². The number of rotatable bonds is 7. The lowest BCUT2D eigenvalue weighted by Gasteiger charge is -2.23. The lowest BCUT2D eigenvalue weighted by Crippen LogP contribution is -2.44. The van der Waals surface area contributed by atoms with E-state index in [0.29, 0.717) is 12.3 Å². The normalized spacial score (nSPS) is 21.3. The van der Waals surface area contributed by atoms with Crippen LogP contribution in [0.25, 0.3) is 0 Å². The SMILES string of the molecule is CCOC(=O)C(CCCC1N=C(OC)CC1C)NC(=O)OC(C)(C)C. The number of hydrogen-bond acceptors (Lipinski definition) is 6. The van der Waals surface area contributed by atoms with Crippen molar-refractivity contribution in [2.45, 2.75) is 78.0 Å². The van der Waals surface area contributed by atoms with Crippen molar-refractivity contribution in [1.82, 2.24) is 5.32 Å². The Balaban J connectivity index is 2.55. The van der Waals surface area contributed by atoms with Gasteiger partial charge >= 0.3 is 12.1 Å². The first-order valence-electron chi connectivity index (χ1n) is 8.93. The molecule has 0 aromatic carbocycles. The maximum Gasteiger partial charge on any atom is 0.408 e. The zero-order valence-electron chi connectivity index (χ0n) is 16.3. The fraction of sp³-hybridized carbons (Fsp3) is 0.833. The van der Waals surface area contributed by atoms with Gasteiger partial charge in [0, 0.05) is 6.42 Å². The first kappa shape index (κ1) is 21.3. The number of methoxy groups -OCH3 is 1. The number of carbonyl (C=O) groups is 2. The monoisotopic (exact) mass is 356 g/mol. The smallest absolute Gasteiger partial charge is 0.408 e. The Morgan fingerprint density at radius 1 is 1.36 bits per heavy atom. The highest BCUT2D eigenvalue weighted by molar-refractivity contribution is 5.81. The lowest BCUT2D eigenvalue weighted by molar-refractivity contribution is -0.145. The van der Waals surface area contributed by atoms with Crippen LogP contribution in [-0.2, 0) is 19.0 Å². The van der Waals surface area contributed by atoms with E-state index in [1.807, 2.05) is 0 Å². The van der Waals surface area contributed by atoms with Crippen LogP contribution in [0.3, 0.4) is 0 Å². The van der Waals surface area contributed by atoms with Crippen molar-refractivity contribution in [3.05, 3.63) is 0 Å². The van der Waals surface area contributed by atoms with Crippen LogP contribution in [0.15, 0.2) is 4.99 Å². The summed E-state index contributed by atoms with van der Waals surface area (Å²) in [6.07, 6.45) is 2.30. The van der Waals surface area contributed by atoms with Crippen molar-refractivity contribution in [3.8, 4) is 0 Å². The summed E-state index contributed by atoms with van der Waals surface area (Å²) in [5, 5.41) is 2.62. The molecule has 7 heteroatoms. The Morgan fingerprint density at radius 3 is 2.56 bits per heavy atom. The fourth-order valence-corrected chi connectivity index (χ4v) is 2.73. The molecule has 0 aromatic heterocycles. The minimum atomic E-state index is -0.711. The molecule has 144 valence electrons. The third-order valence-electron chi connectivity index (χ3n) is 3.95. The Kier molecular flexibility index (Phi) is 8.19. The second kappa shape index (κ2) is 9.63. The van der Waals surface area contributed by atoms with Gasteiger partial charge in [-0.1, -0.05) is 6.92 Å². The van der Waals surface area contributed by atoms with Gasteiger partial charge in [-0.15, -0.1) is 0 Å². The predicted octanol–water partition coefficient (Wildman–Crippen LogP) is 3.07. The molecule has 1 heterocycles. The van der Waals surface area contributed by atoms with E-state index >= 15 is 0 Å². The molecule has 3 unspecified atom stereocenters. The van der Waals surface area contributed by atoms with E-state index in [1.165, 1.54) is 0 Å². The molecule has 1 amide bonds. The van der Waals surface area contributed by atoms with E-state index in [4.69, 9.17) is 14.2 Å². The first-order chi connectivity index (χ1) is 11.7. The van der Waals surface area contributed by atoms with E-state index in [-0.39, 0.29) is 12.6 Å². The molecule has 7 nitrogen and oxygen atoms in total. The van der Waals surface area contributed by atoms with Gasteiger partial charge in [0.15, 0.2) is 5.90 Å². The number of esters is 1. The number of amides is 1. The van der Waals surface area contributed by atoms with Crippen LogP contribution >= 0.6 is 0 Å². The summed E-state index contributed by atoms with van der Waals surface area (Å²) in [6, 6.07) is -0.517. The highest BCUT2D eigenvalue weighted by Gasteiger charge is 2.28. The average molecular weight is 356 g/mol. The van der Waals surface area contributed by atoms with Gasteiger partial charge in [0.05, 0.1) is 19.8 Å². The molecule has 1 aliphatic rings. The van der Waals surface area contributed by atoms with Crippen molar-refractivity contribution < 1.29 is 23.8 Å². The third-order valence-corrected chi connectivity index (χ3v) is 3.95. The molecule has 0 saturated heterocycles. The summed E-state index contributed by atoms with van der Waals surface area (Å²) < 4.78 is 15.5. The third kappa shape index (κ3) is 7.75. The van der Waals surface area contributed by atoms with E-state index in [2.05, 4.69) is 17.2 Å². The molecule has 0 aromatic rings. The lowest BCUT2D eigenvalue weighted by atomic mass is 9.96. The van der Waals surface area contributed by atoms with Crippen molar-refractivity contribution in [1.29, 1.82) is 0 Å². The summed E-state index contributed by atoms with van der Waals surface area (Å²) in [5.74, 6) is 0.773. The minimum Gasteiger partial charge on any atom is -0.484 e. The second-order valence-corrected chi connectivity index (χ2v) is 7.36. The highest BCUT2D eigenvalue weighted by Crippen LogP contribution is 2.25. The molecule has 0 spiro atoms. The van der Waals surface area contributed by atoms with Crippen molar-refractivity contribution in [3.63, 3.8) is 0 Å². The Hall–Kier alpha value is -1.79. The number of carbonyl (C=O) groups excluding carboxylic acids is 2. The molecular formula is C18H32N2O5. The fourth-order valence-electron chi connectivity index (χ4n) is 2.73. The number of hydrogen-bond donors (Lipinski definition) is 1. The average Bonchev–Trinajstić information content (AvgIpc) is 2.85. The van der Waals surface area contributed by atoms with Crippen molar-refractivity contribution in [2.24, 2.45) is 10.9 Å². The quantitative estimate of drug-likeness (QED) is 0.709. The number of nitrogens with one attached hydrogen (secondary N) is 1. The van der Waals surface area contributed by atoms with Gasteiger partial charge in [-0.3, -0.25) is 4.99 Å². The van der Waals surface area contributed by atoms with Gasteiger partial charge in [0.25, 0.3) is 0 Å². The molecule has 1 aliphatic heterocycles. The molecule has 0 radical (unpaired) electrons. The van der Waals surface area contributed by atoms with E-state index in [0.717, 1.165) is 25.2 Å². The van der Waals surface area contributed by atoms with Crippen molar-refractivity contribution in [2.75, 3.05) is 13.7 Å². The molecule has 1 rings (SSSR count). The molecule has 0 saturated carbocycles. The highest BCUT2D eigenvalue weighted by atomic mass is 16.6. The van der Waals surface area contributed by atoms with Gasteiger partial charge in [0.2, 0.25) is 0 Å².